The summed E-state index contributed by atoms with van der Waals surface area (Å²) >= 11 is 0. The van der Waals surface area contributed by atoms with Gasteiger partial charge in [0.1, 0.15) is 22.9 Å². The summed E-state index contributed by atoms with van der Waals surface area (Å²) in [6.07, 6.45) is 0. The summed E-state index contributed by atoms with van der Waals surface area (Å²) in [4.78, 5) is 2.37. The Labute approximate surface area is 126 Å². The van der Waals surface area contributed by atoms with Crippen LogP contribution in [-0.2, 0) is 5.60 Å². The standard InChI is InChI=1S/C14H10F6N2O/c1-14(23,7-3-2-6(15)4-8(7)16)5-21-11-9(17)12(19)22-13(20)10(11)18/h2-4,23H,5H2,1H3,(H,21,22). The van der Waals surface area contributed by atoms with E-state index in [-0.39, 0.29) is 5.56 Å². The molecule has 2 aromatic rings. The molecule has 0 aliphatic heterocycles. The van der Waals surface area contributed by atoms with E-state index in [0.717, 1.165) is 19.1 Å². The van der Waals surface area contributed by atoms with Crippen LogP contribution in [0, 0.1) is 35.2 Å². The van der Waals surface area contributed by atoms with Crippen LogP contribution in [0.1, 0.15) is 12.5 Å². The third-order valence-corrected chi connectivity index (χ3v) is 3.12. The molecule has 1 aromatic carbocycles. The van der Waals surface area contributed by atoms with Crippen molar-refractivity contribution in [3.63, 3.8) is 0 Å². The lowest BCUT2D eigenvalue weighted by molar-refractivity contribution is 0.0672. The predicted octanol–water partition coefficient (Wildman–Crippen LogP) is 3.24. The lowest BCUT2D eigenvalue weighted by Crippen LogP contribution is -2.32. The number of hydrogen-bond acceptors (Lipinski definition) is 3. The van der Waals surface area contributed by atoms with E-state index in [2.05, 4.69) is 4.98 Å². The predicted molar refractivity (Wildman–Crippen MR) is 68.5 cm³/mol. The summed E-state index contributed by atoms with van der Waals surface area (Å²) in [6, 6.07) is 2.32. The van der Waals surface area contributed by atoms with Crippen LogP contribution in [0.15, 0.2) is 18.2 Å². The quantitative estimate of drug-likeness (QED) is 0.666. The maximum absolute atomic E-state index is 13.7. The molecule has 2 rings (SSSR count). The fourth-order valence-electron chi connectivity index (χ4n) is 1.92. The molecule has 23 heavy (non-hydrogen) atoms. The number of anilines is 1. The highest BCUT2D eigenvalue weighted by Crippen LogP contribution is 2.27. The van der Waals surface area contributed by atoms with E-state index in [4.69, 9.17) is 0 Å². The SMILES string of the molecule is CC(O)(CNc1c(F)c(F)nc(F)c1F)c1ccc(F)cc1F. The van der Waals surface area contributed by atoms with Gasteiger partial charge in [0.2, 0.25) is 11.6 Å². The summed E-state index contributed by atoms with van der Waals surface area (Å²) < 4.78 is 79.3. The lowest BCUT2D eigenvalue weighted by atomic mass is 9.95. The molecular formula is C14H10F6N2O. The summed E-state index contributed by atoms with van der Waals surface area (Å²) in [5.41, 5.74) is -3.62. The summed E-state index contributed by atoms with van der Waals surface area (Å²) in [7, 11) is 0. The van der Waals surface area contributed by atoms with Gasteiger partial charge in [0, 0.05) is 18.2 Å². The number of benzene rings is 1. The number of nitrogens with zero attached hydrogens (tertiary/aromatic N) is 1. The molecule has 0 amide bonds. The minimum Gasteiger partial charge on any atom is -0.383 e. The number of halogens is 6. The van der Waals surface area contributed by atoms with E-state index >= 15 is 0 Å². The van der Waals surface area contributed by atoms with Gasteiger partial charge in [0.25, 0.3) is 11.9 Å². The fourth-order valence-corrected chi connectivity index (χ4v) is 1.92. The van der Waals surface area contributed by atoms with Crippen molar-refractivity contribution in [2.75, 3.05) is 11.9 Å². The van der Waals surface area contributed by atoms with Gasteiger partial charge >= 0.3 is 0 Å². The van der Waals surface area contributed by atoms with E-state index in [9.17, 15) is 31.4 Å². The molecule has 9 heteroatoms. The topological polar surface area (TPSA) is 45.1 Å². The second-order valence-electron chi connectivity index (χ2n) is 4.95. The first kappa shape index (κ1) is 17.1. The molecule has 124 valence electrons. The van der Waals surface area contributed by atoms with Gasteiger partial charge in [-0.3, -0.25) is 0 Å². The maximum Gasteiger partial charge on any atom is 0.253 e. The van der Waals surface area contributed by atoms with Crippen LogP contribution < -0.4 is 5.32 Å². The molecule has 1 unspecified atom stereocenters. The smallest absolute Gasteiger partial charge is 0.253 e. The zero-order valence-corrected chi connectivity index (χ0v) is 11.6. The zero-order chi connectivity index (χ0) is 17.4. The number of nitrogens with one attached hydrogen (secondary N) is 1. The van der Waals surface area contributed by atoms with Crippen molar-refractivity contribution in [3.05, 3.63) is 58.9 Å². The molecule has 3 nitrogen and oxygen atoms in total. The van der Waals surface area contributed by atoms with Crippen LogP contribution >= 0.6 is 0 Å². The van der Waals surface area contributed by atoms with E-state index in [1.807, 2.05) is 5.32 Å². The van der Waals surface area contributed by atoms with Gasteiger partial charge < -0.3 is 10.4 Å². The highest BCUT2D eigenvalue weighted by Gasteiger charge is 2.29. The maximum atomic E-state index is 13.7. The normalized spacial score (nSPS) is 13.7. The van der Waals surface area contributed by atoms with Crippen molar-refractivity contribution in [2.45, 2.75) is 12.5 Å². The molecule has 0 radical (unpaired) electrons. The molecule has 1 aromatic heterocycles. The monoisotopic (exact) mass is 336 g/mol. The Kier molecular flexibility index (Phi) is 4.51. The van der Waals surface area contributed by atoms with Crippen LogP contribution in [0.2, 0.25) is 0 Å². The van der Waals surface area contributed by atoms with Gasteiger partial charge in [-0.15, -0.1) is 0 Å². The third-order valence-electron chi connectivity index (χ3n) is 3.12. The molecule has 1 heterocycles. The fraction of sp³-hybridized carbons (Fsp3) is 0.214. The Balaban J connectivity index is 2.30. The van der Waals surface area contributed by atoms with Gasteiger partial charge in [-0.1, -0.05) is 6.07 Å². The van der Waals surface area contributed by atoms with Crippen LogP contribution in [-0.4, -0.2) is 16.6 Å². The van der Waals surface area contributed by atoms with E-state index in [1.165, 1.54) is 0 Å². The minimum absolute atomic E-state index is 0.373. The minimum atomic E-state index is -2.05. The third kappa shape index (κ3) is 3.39. The highest BCUT2D eigenvalue weighted by molar-refractivity contribution is 5.46. The van der Waals surface area contributed by atoms with Crippen molar-refractivity contribution >= 4 is 5.69 Å². The molecule has 0 fully saturated rings. The number of hydrogen-bond donors (Lipinski definition) is 2. The number of pyridine rings is 1. The second kappa shape index (κ2) is 6.07. The molecule has 1 atom stereocenters. The molecule has 0 saturated carbocycles. The van der Waals surface area contributed by atoms with E-state index in [0.29, 0.717) is 6.07 Å². The zero-order valence-electron chi connectivity index (χ0n) is 11.6. The Bertz CT molecular complexity index is 724. The van der Waals surface area contributed by atoms with Crippen molar-refractivity contribution in [2.24, 2.45) is 0 Å². The second-order valence-corrected chi connectivity index (χ2v) is 4.95. The molecule has 0 aliphatic carbocycles. The Morgan fingerprint density at radius 1 is 1.04 bits per heavy atom. The number of aromatic nitrogens is 1. The summed E-state index contributed by atoms with van der Waals surface area (Å²) in [5, 5.41) is 12.1. The van der Waals surface area contributed by atoms with Crippen molar-refractivity contribution in [1.82, 2.24) is 4.98 Å². The van der Waals surface area contributed by atoms with E-state index < -0.39 is 53.0 Å². The first-order valence-corrected chi connectivity index (χ1v) is 6.25. The Morgan fingerprint density at radius 3 is 2.13 bits per heavy atom. The van der Waals surface area contributed by atoms with Crippen molar-refractivity contribution < 1.29 is 31.4 Å². The van der Waals surface area contributed by atoms with Crippen LogP contribution in [0.5, 0.6) is 0 Å². The first-order valence-electron chi connectivity index (χ1n) is 6.25. The number of aliphatic hydroxyl groups is 1. The molecule has 0 spiro atoms. The summed E-state index contributed by atoms with van der Waals surface area (Å²) in [6.45, 7) is 0.353. The molecule has 0 aliphatic rings. The van der Waals surface area contributed by atoms with Gasteiger partial charge in [0.05, 0.1) is 0 Å². The van der Waals surface area contributed by atoms with Crippen LogP contribution in [0.3, 0.4) is 0 Å². The lowest BCUT2D eigenvalue weighted by Gasteiger charge is -2.25. The highest BCUT2D eigenvalue weighted by atomic mass is 19.2. The average Bonchev–Trinajstić information content (AvgIpc) is 2.44. The summed E-state index contributed by atoms with van der Waals surface area (Å²) in [5.74, 6) is -9.31. The Morgan fingerprint density at radius 2 is 1.61 bits per heavy atom. The van der Waals surface area contributed by atoms with Gasteiger partial charge in [-0.05, 0) is 13.0 Å². The largest absolute Gasteiger partial charge is 0.383 e. The number of rotatable bonds is 4. The molecule has 0 bridgehead atoms. The van der Waals surface area contributed by atoms with Crippen LogP contribution in [0.25, 0.3) is 0 Å². The van der Waals surface area contributed by atoms with Gasteiger partial charge in [0.15, 0.2) is 0 Å². The van der Waals surface area contributed by atoms with Crippen LogP contribution in [0.4, 0.5) is 32.0 Å². The molecular weight excluding hydrogens is 326 g/mol. The molecule has 0 saturated heterocycles. The van der Waals surface area contributed by atoms with E-state index in [1.54, 1.807) is 0 Å². The molecule has 2 N–H and O–H groups in total. The van der Waals surface area contributed by atoms with Gasteiger partial charge in [-0.25, -0.2) is 8.78 Å². The van der Waals surface area contributed by atoms with Crippen molar-refractivity contribution in [1.29, 1.82) is 0 Å². The van der Waals surface area contributed by atoms with Crippen molar-refractivity contribution in [3.8, 4) is 0 Å². The first-order chi connectivity index (χ1) is 10.6. The van der Waals surface area contributed by atoms with Gasteiger partial charge in [-0.2, -0.15) is 22.5 Å². The Hall–Kier alpha value is -2.29. The average molecular weight is 336 g/mol.